The maximum absolute atomic E-state index is 12.5. The fourth-order valence-corrected chi connectivity index (χ4v) is 3.15. The number of nitrogens with zero attached hydrogens (tertiary/aromatic N) is 2. The normalized spacial score (nSPS) is 18.0. The van der Waals surface area contributed by atoms with Gasteiger partial charge in [0.2, 0.25) is 0 Å². The zero-order chi connectivity index (χ0) is 15.7. The van der Waals surface area contributed by atoms with Crippen molar-refractivity contribution in [1.29, 1.82) is 0 Å². The third-order valence-electron chi connectivity index (χ3n) is 4.51. The van der Waals surface area contributed by atoms with E-state index in [1.807, 2.05) is 31.1 Å². The number of rotatable bonds is 3. The highest BCUT2D eigenvalue weighted by Crippen LogP contribution is 2.22. The van der Waals surface area contributed by atoms with Crippen LogP contribution in [0.1, 0.15) is 27.2 Å². The van der Waals surface area contributed by atoms with Crippen LogP contribution in [0.2, 0.25) is 0 Å². The van der Waals surface area contributed by atoms with Crippen LogP contribution >= 0.6 is 0 Å². The third kappa shape index (κ3) is 2.92. The summed E-state index contributed by atoms with van der Waals surface area (Å²) in [5, 5.41) is 0. The van der Waals surface area contributed by atoms with E-state index in [1.54, 1.807) is 0 Å². The number of aromatic nitrogens is 1. The molecule has 1 aliphatic heterocycles. The summed E-state index contributed by atoms with van der Waals surface area (Å²) in [5.74, 6) is 0.0559. The van der Waals surface area contributed by atoms with Crippen molar-refractivity contribution in [2.24, 2.45) is 0 Å². The fourth-order valence-electron chi connectivity index (χ4n) is 3.15. The number of benzene rings is 1. The van der Waals surface area contributed by atoms with Gasteiger partial charge in [-0.15, -0.1) is 0 Å². The predicted octanol–water partition coefficient (Wildman–Crippen LogP) is 2.45. The smallest absolute Gasteiger partial charge is 0.270 e. The van der Waals surface area contributed by atoms with Crippen molar-refractivity contribution in [3.8, 4) is 0 Å². The molecular formula is C18H23N3O. The Kier molecular flexibility index (Phi) is 4.03. The molecular weight excluding hydrogens is 274 g/mol. The number of likely N-dealkylation sites (N-methyl/N-ethyl adjacent to an activating group) is 2. The van der Waals surface area contributed by atoms with Crippen molar-refractivity contribution >= 4 is 5.91 Å². The van der Waals surface area contributed by atoms with Crippen molar-refractivity contribution in [2.75, 3.05) is 20.6 Å². The number of amides is 1. The molecule has 1 aromatic heterocycles. The highest BCUT2D eigenvalue weighted by Gasteiger charge is 2.26. The van der Waals surface area contributed by atoms with Gasteiger partial charge in [-0.1, -0.05) is 24.3 Å². The molecule has 22 heavy (non-hydrogen) atoms. The first-order valence-electron chi connectivity index (χ1n) is 7.72. The minimum absolute atomic E-state index is 0.0559. The SMILES string of the molecule is Cc1c[nH]c(C(=O)N(C)CC2Cc3ccccc3CN2C)c1. The monoisotopic (exact) mass is 297 g/mol. The summed E-state index contributed by atoms with van der Waals surface area (Å²) in [4.78, 5) is 19.7. The lowest BCUT2D eigenvalue weighted by molar-refractivity contribution is 0.0728. The molecule has 2 heterocycles. The molecule has 4 heteroatoms. The van der Waals surface area contributed by atoms with Gasteiger partial charge in [0.15, 0.2) is 0 Å². The Morgan fingerprint density at radius 3 is 2.77 bits per heavy atom. The molecule has 0 saturated heterocycles. The van der Waals surface area contributed by atoms with Gasteiger partial charge in [-0.05, 0) is 43.1 Å². The van der Waals surface area contributed by atoms with E-state index in [2.05, 4.69) is 41.2 Å². The Bertz CT molecular complexity index is 676. The second kappa shape index (κ2) is 5.97. The minimum atomic E-state index is 0.0559. The topological polar surface area (TPSA) is 39.3 Å². The van der Waals surface area contributed by atoms with E-state index in [-0.39, 0.29) is 5.91 Å². The lowest BCUT2D eigenvalue weighted by Gasteiger charge is -2.36. The highest BCUT2D eigenvalue weighted by atomic mass is 16.2. The first-order valence-corrected chi connectivity index (χ1v) is 7.72. The molecule has 0 bridgehead atoms. The molecule has 1 aromatic carbocycles. The standard InChI is InChI=1S/C18H23N3O/c1-13-8-17(19-10-13)18(22)21(3)12-16-9-14-6-4-5-7-15(14)11-20(16)2/h4-8,10,16,19H,9,11-12H2,1-3H3. The van der Waals surface area contributed by atoms with Crippen molar-refractivity contribution in [1.82, 2.24) is 14.8 Å². The summed E-state index contributed by atoms with van der Waals surface area (Å²) < 4.78 is 0. The number of aryl methyl sites for hydroxylation is 1. The molecule has 1 amide bonds. The number of aromatic amines is 1. The summed E-state index contributed by atoms with van der Waals surface area (Å²) in [6.45, 7) is 3.67. The highest BCUT2D eigenvalue weighted by molar-refractivity contribution is 5.92. The lowest BCUT2D eigenvalue weighted by Crippen LogP contribution is -2.46. The van der Waals surface area contributed by atoms with Gasteiger partial charge in [-0.3, -0.25) is 9.69 Å². The Labute approximate surface area is 131 Å². The van der Waals surface area contributed by atoms with E-state index in [9.17, 15) is 4.79 Å². The van der Waals surface area contributed by atoms with E-state index < -0.39 is 0 Å². The number of hydrogen-bond acceptors (Lipinski definition) is 2. The number of nitrogens with one attached hydrogen (secondary N) is 1. The Morgan fingerprint density at radius 2 is 2.09 bits per heavy atom. The van der Waals surface area contributed by atoms with E-state index in [0.29, 0.717) is 11.7 Å². The van der Waals surface area contributed by atoms with Gasteiger partial charge < -0.3 is 9.88 Å². The first-order chi connectivity index (χ1) is 10.5. The quantitative estimate of drug-likeness (QED) is 0.945. The van der Waals surface area contributed by atoms with Crippen LogP contribution in [-0.4, -0.2) is 47.4 Å². The maximum Gasteiger partial charge on any atom is 0.270 e. The Balaban J connectivity index is 1.69. The lowest BCUT2D eigenvalue weighted by atomic mass is 9.94. The number of fused-ring (bicyclic) bond motifs is 1. The largest absolute Gasteiger partial charge is 0.357 e. The second-order valence-electron chi connectivity index (χ2n) is 6.32. The molecule has 0 saturated carbocycles. The summed E-state index contributed by atoms with van der Waals surface area (Å²) in [6.07, 6.45) is 2.86. The number of hydrogen-bond donors (Lipinski definition) is 1. The molecule has 0 aliphatic carbocycles. The maximum atomic E-state index is 12.5. The van der Waals surface area contributed by atoms with Crippen LogP contribution in [0.3, 0.4) is 0 Å². The van der Waals surface area contributed by atoms with Crippen LogP contribution in [0, 0.1) is 6.92 Å². The van der Waals surface area contributed by atoms with Crippen molar-refractivity contribution in [2.45, 2.75) is 25.9 Å². The summed E-state index contributed by atoms with van der Waals surface area (Å²) in [5.41, 5.74) is 4.55. The van der Waals surface area contributed by atoms with Gasteiger partial charge >= 0.3 is 0 Å². The van der Waals surface area contributed by atoms with Gasteiger partial charge in [0.25, 0.3) is 5.91 Å². The van der Waals surface area contributed by atoms with Crippen LogP contribution in [0.5, 0.6) is 0 Å². The zero-order valence-corrected chi connectivity index (χ0v) is 13.5. The number of H-pyrrole nitrogens is 1. The van der Waals surface area contributed by atoms with Crippen LogP contribution in [0.4, 0.5) is 0 Å². The van der Waals surface area contributed by atoms with Crippen molar-refractivity contribution in [3.63, 3.8) is 0 Å². The van der Waals surface area contributed by atoms with Crippen LogP contribution < -0.4 is 0 Å². The van der Waals surface area contributed by atoms with Gasteiger partial charge in [-0.25, -0.2) is 0 Å². The second-order valence-corrected chi connectivity index (χ2v) is 6.32. The Morgan fingerprint density at radius 1 is 1.36 bits per heavy atom. The van der Waals surface area contributed by atoms with Gasteiger partial charge in [0, 0.05) is 32.4 Å². The molecule has 1 unspecified atom stereocenters. The molecule has 1 N–H and O–H groups in total. The number of carbonyl (C=O) groups excluding carboxylic acids is 1. The summed E-state index contributed by atoms with van der Waals surface area (Å²) in [7, 11) is 4.02. The van der Waals surface area contributed by atoms with Gasteiger partial charge in [-0.2, -0.15) is 0 Å². The van der Waals surface area contributed by atoms with Crippen LogP contribution in [-0.2, 0) is 13.0 Å². The first kappa shape index (κ1) is 14.9. The van der Waals surface area contributed by atoms with Gasteiger partial charge in [0.1, 0.15) is 5.69 Å². The van der Waals surface area contributed by atoms with Crippen LogP contribution in [0.15, 0.2) is 36.5 Å². The van der Waals surface area contributed by atoms with Crippen molar-refractivity contribution in [3.05, 3.63) is 58.9 Å². The molecule has 2 aromatic rings. The Hall–Kier alpha value is -2.07. The molecule has 3 rings (SSSR count). The summed E-state index contributed by atoms with van der Waals surface area (Å²) in [6, 6.07) is 10.8. The molecule has 0 spiro atoms. The molecule has 0 radical (unpaired) electrons. The van der Waals surface area contributed by atoms with Crippen molar-refractivity contribution < 1.29 is 4.79 Å². The van der Waals surface area contributed by atoms with Gasteiger partial charge in [0.05, 0.1) is 0 Å². The minimum Gasteiger partial charge on any atom is -0.357 e. The number of carbonyl (C=O) groups is 1. The zero-order valence-electron chi connectivity index (χ0n) is 13.5. The third-order valence-corrected chi connectivity index (χ3v) is 4.51. The molecule has 116 valence electrons. The van der Waals surface area contributed by atoms with E-state index in [0.717, 1.165) is 25.1 Å². The van der Waals surface area contributed by atoms with E-state index >= 15 is 0 Å². The molecule has 4 nitrogen and oxygen atoms in total. The summed E-state index contributed by atoms with van der Waals surface area (Å²) >= 11 is 0. The average molecular weight is 297 g/mol. The average Bonchev–Trinajstić information content (AvgIpc) is 2.93. The fraction of sp³-hybridized carbons (Fsp3) is 0.389. The molecule has 1 aliphatic rings. The molecule has 0 fully saturated rings. The van der Waals surface area contributed by atoms with E-state index in [1.165, 1.54) is 11.1 Å². The predicted molar refractivity (Wildman–Crippen MR) is 87.9 cm³/mol. The van der Waals surface area contributed by atoms with Crippen LogP contribution in [0.25, 0.3) is 0 Å². The van der Waals surface area contributed by atoms with E-state index in [4.69, 9.17) is 0 Å². The molecule has 1 atom stereocenters.